The largest absolute Gasteiger partial charge is 0.326 e. The van der Waals surface area contributed by atoms with Gasteiger partial charge in [-0.3, -0.25) is 14.5 Å². The lowest BCUT2D eigenvalue weighted by Crippen LogP contribution is -2.44. The molecule has 2 bridgehead atoms. The van der Waals surface area contributed by atoms with Gasteiger partial charge in [0.15, 0.2) is 0 Å². The van der Waals surface area contributed by atoms with Crippen LogP contribution in [0.3, 0.4) is 0 Å². The fourth-order valence-corrected chi connectivity index (χ4v) is 4.03. The molecule has 5 nitrogen and oxygen atoms in total. The SMILES string of the molecule is CC(N)C(c1cnn(C)c1)N1CCC2CCC(C1)N2C. The van der Waals surface area contributed by atoms with Gasteiger partial charge in [-0.25, -0.2) is 0 Å². The van der Waals surface area contributed by atoms with Crippen LogP contribution in [0.25, 0.3) is 0 Å². The van der Waals surface area contributed by atoms with Gasteiger partial charge in [0.25, 0.3) is 0 Å². The summed E-state index contributed by atoms with van der Waals surface area (Å²) in [4.78, 5) is 5.17. The van der Waals surface area contributed by atoms with Crippen molar-refractivity contribution in [3.05, 3.63) is 18.0 Å². The van der Waals surface area contributed by atoms with E-state index in [-0.39, 0.29) is 12.1 Å². The molecule has 1 aromatic heterocycles. The van der Waals surface area contributed by atoms with Gasteiger partial charge in [0.1, 0.15) is 0 Å². The van der Waals surface area contributed by atoms with Crippen molar-refractivity contribution < 1.29 is 0 Å². The van der Waals surface area contributed by atoms with Crippen LogP contribution in [0.1, 0.15) is 37.8 Å². The van der Waals surface area contributed by atoms with Gasteiger partial charge in [-0.15, -0.1) is 0 Å². The summed E-state index contributed by atoms with van der Waals surface area (Å²) in [5.41, 5.74) is 7.55. The highest BCUT2D eigenvalue weighted by atomic mass is 15.3. The van der Waals surface area contributed by atoms with Crippen LogP contribution < -0.4 is 5.73 Å². The molecule has 1 aromatic rings. The van der Waals surface area contributed by atoms with Gasteiger partial charge < -0.3 is 5.73 Å². The van der Waals surface area contributed by atoms with Gasteiger partial charge in [0.05, 0.1) is 12.2 Å². The van der Waals surface area contributed by atoms with Gasteiger partial charge >= 0.3 is 0 Å². The summed E-state index contributed by atoms with van der Waals surface area (Å²) in [7, 11) is 4.26. The highest BCUT2D eigenvalue weighted by Gasteiger charge is 2.37. The highest BCUT2D eigenvalue weighted by molar-refractivity contribution is 5.14. The normalized spacial score (nSPS) is 31.2. The van der Waals surface area contributed by atoms with E-state index in [4.69, 9.17) is 5.73 Å². The van der Waals surface area contributed by atoms with Crippen LogP contribution in [-0.4, -0.2) is 57.8 Å². The molecule has 0 radical (unpaired) electrons. The average molecular weight is 277 g/mol. The maximum atomic E-state index is 6.30. The Labute approximate surface area is 121 Å². The van der Waals surface area contributed by atoms with Crippen molar-refractivity contribution in [1.29, 1.82) is 0 Å². The first-order valence-electron chi connectivity index (χ1n) is 7.76. The Morgan fingerprint density at radius 1 is 1.25 bits per heavy atom. The molecule has 2 N–H and O–H groups in total. The van der Waals surface area contributed by atoms with Crippen molar-refractivity contribution in [3.8, 4) is 0 Å². The Kier molecular flexibility index (Phi) is 3.84. The molecule has 0 aromatic carbocycles. The fourth-order valence-electron chi connectivity index (χ4n) is 4.03. The van der Waals surface area contributed by atoms with E-state index < -0.39 is 0 Å². The number of fused-ring (bicyclic) bond motifs is 2. The first-order chi connectivity index (χ1) is 9.56. The van der Waals surface area contributed by atoms with E-state index in [0.717, 1.165) is 19.1 Å². The second-order valence-corrected chi connectivity index (χ2v) is 6.59. The average Bonchev–Trinajstić information content (AvgIpc) is 2.88. The molecular formula is C15H27N5. The lowest BCUT2D eigenvalue weighted by Gasteiger charge is -2.35. The van der Waals surface area contributed by atoms with E-state index in [1.54, 1.807) is 0 Å². The van der Waals surface area contributed by atoms with Crippen molar-refractivity contribution >= 4 is 0 Å². The zero-order chi connectivity index (χ0) is 14.3. The van der Waals surface area contributed by atoms with Gasteiger partial charge in [0.2, 0.25) is 0 Å². The van der Waals surface area contributed by atoms with E-state index in [1.807, 2.05) is 17.9 Å². The Morgan fingerprint density at radius 3 is 2.65 bits per heavy atom. The second kappa shape index (κ2) is 5.47. The third kappa shape index (κ3) is 2.50. The minimum atomic E-state index is 0.126. The predicted octanol–water partition coefficient (Wildman–Crippen LogP) is 0.977. The summed E-state index contributed by atoms with van der Waals surface area (Å²) in [5, 5.41) is 4.33. The summed E-state index contributed by atoms with van der Waals surface area (Å²) in [6.07, 6.45) is 8.04. The van der Waals surface area contributed by atoms with Crippen LogP contribution in [-0.2, 0) is 7.05 Å². The van der Waals surface area contributed by atoms with Crippen molar-refractivity contribution in [2.24, 2.45) is 12.8 Å². The smallest absolute Gasteiger partial charge is 0.0538 e. The molecule has 2 aliphatic rings. The molecule has 0 aliphatic carbocycles. The van der Waals surface area contributed by atoms with Crippen LogP contribution in [0, 0.1) is 0 Å². The second-order valence-electron chi connectivity index (χ2n) is 6.59. The van der Waals surface area contributed by atoms with Crippen LogP contribution >= 0.6 is 0 Å². The minimum Gasteiger partial charge on any atom is -0.326 e. The van der Waals surface area contributed by atoms with Gasteiger partial charge in [0, 0.05) is 50.0 Å². The van der Waals surface area contributed by atoms with Crippen LogP contribution in [0.15, 0.2) is 12.4 Å². The molecule has 4 atom stereocenters. The van der Waals surface area contributed by atoms with Crippen LogP contribution in [0.2, 0.25) is 0 Å². The third-order valence-electron chi connectivity index (χ3n) is 5.14. The van der Waals surface area contributed by atoms with E-state index >= 15 is 0 Å². The molecule has 2 aliphatic heterocycles. The zero-order valence-corrected chi connectivity index (χ0v) is 12.9. The number of hydrogen-bond acceptors (Lipinski definition) is 4. The minimum absolute atomic E-state index is 0.126. The number of aryl methyl sites for hydroxylation is 1. The lowest BCUT2D eigenvalue weighted by atomic mass is 9.99. The molecule has 3 rings (SSSR count). The van der Waals surface area contributed by atoms with Crippen LogP contribution in [0.4, 0.5) is 0 Å². The number of nitrogens with two attached hydrogens (primary N) is 1. The molecule has 0 saturated carbocycles. The van der Waals surface area contributed by atoms with Crippen LogP contribution in [0.5, 0.6) is 0 Å². The van der Waals surface area contributed by atoms with Crippen molar-refractivity contribution in [1.82, 2.24) is 19.6 Å². The van der Waals surface area contributed by atoms with Gasteiger partial charge in [-0.2, -0.15) is 5.10 Å². The Bertz CT molecular complexity index is 455. The van der Waals surface area contributed by atoms with Crippen molar-refractivity contribution in [2.45, 2.75) is 50.4 Å². The number of aromatic nitrogens is 2. The zero-order valence-electron chi connectivity index (χ0n) is 12.9. The monoisotopic (exact) mass is 277 g/mol. The first-order valence-corrected chi connectivity index (χ1v) is 7.76. The maximum Gasteiger partial charge on any atom is 0.0538 e. The molecule has 0 spiro atoms. The molecular weight excluding hydrogens is 250 g/mol. The number of hydrogen-bond donors (Lipinski definition) is 1. The summed E-state index contributed by atoms with van der Waals surface area (Å²) >= 11 is 0. The topological polar surface area (TPSA) is 50.3 Å². The Morgan fingerprint density at radius 2 is 2.00 bits per heavy atom. The molecule has 112 valence electrons. The Balaban J connectivity index is 1.81. The lowest BCUT2D eigenvalue weighted by molar-refractivity contribution is 0.155. The number of nitrogens with zero attached hydrogens (tertiary/aromatic N) is 4. The molecule has 3 heterocycles. The van der Waals surface area contributed by atoms with Gasteiger partial charge in [-0.1, -0.05) is 0 Å². The standard InChI is InChI=1S/C15H27N5/c1-11(16)15(12-8-17-18(2)9-12)20-7-6-13-4-5-14(10-20)19(13)3/h8-9,11,13-15H,4-7,10,16H2,1-3H3. The summed E-state index contributed by atoms with van der Waals surface area (Å²) in [6, 6.07) is 1.88. The van der Waals surface area contributed by atoms with E-state index in [1.165, 1.54) is 24.8 Å². The van der Waals surface area contributed by atoms with E-state index in [0.29, 0.717) is 6.04 Å². The number of likely N-dealkylation sites (N-methyl/N-ethyl adjacent to an activating group) is 1. The fraction of sp³-hybridized carbons (Fsp3) is 0.800. The molecule has 20 heavy (non-hydrogen) atoms. The summed E-state index contributed by atoms with van der Waals surface area (Å²) in [5.74, 6) is 0. The van der Waals surface area contributed by atoms with E-state index in [2.05, 4.69) is 35.1 Å². The summed E-state index contributed by atoms with van der Waals surface area (Å²) in [6.45, 7) is 4.39. The molecule has 0 amide bonds. The maximum absolute atomic E-state index is 6.30. The molecule has 4 unspecified atom stereocenters. The van der Waals surface area contributed by atoms with Crippen molar-refractivity contribution in [2.75, 3.05) is 20.1 Å². The first kappa shape index (κ1) is 14.0. The highest BCUT2D eigenvalue weighted by Crippen LogP contribution is 2.33. The Hall–Kier alpha value is -0.910. The number of rotatable bonds is 3. The molecule has 5 heteroatoms. The predicted molar refractivity (Wildman–Crippen MR) is 80.4 cm³/mol. The molecule has 2 fully saturated rings. The number of likely N-dealkylation sites (tertiary alicyclic amines) is 1. The quantitative estimate of drug-likeness (QED) is 0.895. The molecule has 2 saturated heterocycles. The van der Waals surface area contributed by atoms with Crippen molar-refractivity contribution in [3.63, 3.8) is 0 Å². The van der Waals surface area contributed by atoms with E-state index in [9.17, 15) is 0 Å². The third-order valence-corrected chi connectivity index (χ3v) is 5.14. The van der Waals surface area contributed by atoms with Gasteiger partial charge in [-0.05, 0) is 33.2 Å². The summed E-state index contributed by atoms with van der Waals surface area (Å²) < 4.78 is 1.88.